The summed E-state index contributed by atoms with van der Waals surface area (Å²) in [5.41, 5.74) is -0.338. The molecule has 1 aliphatic heterocycles. The number of fused-ring (bicyclic) bond motifs is 1. The SMILES string of the molecule is O=[N+]([O-])c1ccccc1S(=O)(=O)C12CCCCC1N2. The van der Waals surface area contributed by atoms with Gasteiger partial charge in [0.15, 0.2) is 0 Å². The van der Waals surface area contributed by atoms with Gasteiger partial charge in [-0.2, -0.15) is 0 Å². The Hall–Kier alpha value is -1.47. The third-order valence-corrected chi connectivity index (χ3v) is 6.51. The van der Waals surface area contributed by atoms with Gasteiger partial charge in [0.05, 0.1) is 4.92 Å². The lowest BCUT2D eigenvalue weighted by Crippen LogP contribution is -2.32. The molecule has 1 aliphatic carbocycles. The Kier molecular flexibility index (Phi) is 2.65. The lowest BCUT2D eigenvalue weighted by atomic mass is 10.0. The average Bonchev–Trinajstić information content (AvgIpc) is 3.15. The van der Waals surface area contributed by atoms with Gasteiger partial charge in [-0.05, 0) is 18.9 Å². The van der Waals surface area contributed by atoms with Gasteiger partial charge in [0, 0.05) is 12.1 Å². The van der Waals surface area contributed by atoms with Crippen molar-refractivity contribution in [3.63, 3.8) is 0 Å². The first-order valence-electron chi connectivity index (χ1n) is 6.25. The topological polar surface area (TPSA) is 99.2 Å². The van der Waals surface area contributed by atoms with Crippen LogP contribution in [0.5, 0.6) is 0 Å². The standard InChI is InChI=1S/C12H14N2O4S/c15-14(16)9-5-1-2-6-10(9)19(17,18)12-8-4-3-7-11(12)13-12/h1-2,5-6,11,13H,3-4,7-8H2. The summed E-state index contributed by atoms with van der Waals surface area (Å²) in [6, 6.07) is 5.52. The summed E-state index contributed by atoms with van der Waals surface area (Å²) in [6.45, 7) is 0. The van der Waals surface area contributed by atoms with Crippen molar-refractivity contribution in [2.45, 2.75) is 41.5 Å². The van der Waals surface area contributed by atoms with Crippen LogP contribution in [0, 0.1) is 10.1 Å². The first-order valence-corrected chi connectivity index (χ1v) is 7.73. The zero-order chi connectivity index (χ0) is 13.7. The van der Waals surface area contributed by atoms with Gasteiger partial charge in [-0.1, -0.05) is 25.0 Å². The van der Waals surface area contributed by atoms with Gasteiger partial charge in [-0.15, -0.1) is 0 Å². The minimum Gasteiger partial charge on any atom is -0.291 e. The molecule has 0 aromatic heterocycles. The fourth-order valence-electron chi connectivity index (χ4n) is 2.97. The average molecular weight is 282 g/mol. The highest BCUT2D eigenvalue weighted by Crippen LogP contribution is 2.48. The van der Waals surface area contributed by atoms with Crippen LogP contribution in [0.3, 0.4) is 0 Å². The van der Waals surface area contributed by atoms with E-state index in [-0.39, 0.29) is 16.6 Å². The van der Waals surface area contributed by atoms with Crippen molar-refractivity contribution in [1.29, 1.82) is 0 Å². The third kappa shape index (κ3) is 1.68. The Morgan fingerprint density at radius 3 is 2.74 bits per heavy atom. The Labute approximate surface area is 110 Å². The highest BCUT2D eigenvalue weighted by atomic mass is 32.2. The highest BCUT2D eigenvalue weighted by molar-refractivity contribution is 7.93. The van der Waals surface area contributed by atoms with E-state index in [1.165, 1.54) is 24.3 Å². The zero-order valence-electron chi connectivity index (χ0n) is 10.2. The maximum atomic E-state index is 12.7. The second kappa shape index (κ2) is 4.01. The molecule has 0 spiro atoms. The molecule has 102 valence electrons. The number of sulfone groups is 1. The summed E-state index contributed by atoms with van der Waals surface area (Å²) >= 11 is 0. The van der Waals surface area contributed by atoms with Crippen molar-refractivity contribution >= 4 is 15.5 Å². The van der Waals surface area contributed by atoms with E-state index in [1.807, 2.05) is 0 Å². The van der Waals surface area contributed by atoms with Crippen LogP contribution in [-0.4, -0.2) is 24.3 Å². The minimum absolute atomic E-state index is 0.0499. The van der Waals surface area contributed by atoms with Gasteiger partial charge in [-0.3, -0.25) is 15.4 Å². The zero-order valence-corrected chi connectivity index (χ0v) is 11.0. The predicted molar refractivity (Wildman–Crippen MR) is 68.4 cm³/mol. The number of nitro benzene ring substituents is 1. The highest BCUT2D eigenvalue weighted by Gasteiger charge is 2.64. The molecule has 3 rings (SSSR count). The maximum absolute atomic E-state index is 12.7. The molecule has 6 nitrogen and oxygen atoms in total. The molecular weight excluding hydrogens is 268 g/mol. The van der Waals surface area contributed by atoms with E-state index in [0.717, 1.165) is 19.3 Å². The van der Waals surface area contributed by atoms with Crippen LogP contribution in [-0.2, 0) is 9.84 Å². The molecule has 19 heavy (non-hydrogen) atoms. The number of nitrogens with one attached hydrogen (secondary N) is 1. The molecule has 7 heteroatoms. The molecule has 2 fully saturated rings. The number of benzene rings is 1. The summed E-state index contributed by atoms with van der Waals surface area (Å²) in [5.74, 6) is 0. The van der Waals surface area contributed by atoms with Gasteiger partial charge in [-0.25, -0.2) is 8.42 Å². The Morgan fingerprint density at radius 1 is 1.32 bits per heavy atom. The monoisotopic (exact) mass is 282 g/mol. The van der Waals surface area contributed by atoms with Gasteiger partial charge < -0.3 is 0 Å². The Morgan fingerprint density at radius 2 is 2.05 bits per heavy atom. The van der Waals surface area contributed by atoms with Crippen molar-refractivity contribution in [1.82, 2.24) is 5.32 Å². The molecule has 0 bridgehead atoms. The number of para-hydroxylation sites is 1. The van der Waals surface area contributed by atoms with E-state index in [2.05, 4.69) is 5.32 Å². The lowest BCUT2D eigenvalue weighted by molar-refractivity contribution is -0.387. The van der Waals surface area contributed by atoms with Crippen molar-refractivity contribution in [2.75, 3.05) is 0 Å². The van der Waals surface area contributed by atoms with Crippen LogP contribution < -0.4 is 5.32 Å². The van der Waals surface area contributed by atoms with Crippen molar-refractivity contribution in [2.24, 2.45) is 0 Å². The van der Waals surface area contributed by atoms with Crippen LogP contribution in [0.1, 0.15) is 25.7 Å². The quantitative estimate of drug-likeness (QED) is 0.516. The molecule has 2 unspecified atom stereocenters. The van der Waals surface area contributed by atoms with E-state index >= 15 is 0 Å². The number of rotatable bonds is 3. The molecule has 2 aliphatic rings. The number of hydrogen-bond acceptors (Lipinski definition) is 5. The van der Waals surface area contributed by atoms with Crippen molar-refractivity contribution in [3.8, 4) is 0 Å². The fraction of sp³-hybridized carbons (Fsp3) is 0.500. The molecule has 1 N–H and O–H groups in total. The summed E-state index contributed by atoms with van der Waals surface area (Å²) in [4.78, 5) is 9.22. The molecule has 1 aromatic carbocycles. The van der Waals surface area contributed by atoms with Crippen LogP contribution in [0.15, 0.2) is 29.2 Å². The second-order valence-corrected chi connectivity index (χ2v) is 7.24. The largest absolute Gasteiger partial charge is 0.291 e. The summed E-state index contributed by atoms with van der Waals surface area (Å²) in [5, 5.41) is 14.0. The van der Waals surface area contributed by atoms with Crippen molar-refractivity contribution in [3.05, 3.63) is 34.4 Å². The van der Waals surface area contributed by atoms with Crippen LogP contribution in [0.2, 0.25) is 0 Å². The van der Waals surface area contributed by atoms with E-state index in [9.17, 15) is 18.5 Å². The van der Waals surface area contributed by atoms with E-state index in [4.69, 9.17) is 0 Å². The van der Waals surface area contributed by atoms with Gasteiger partial charge >= 0.3 is 0 Å². The van der Waals surface area contributed by atoms with Crippen molar-refractivity contribution < 1.29 is 13.3 Å². The second-order valence-electron chi connectivity index (χ2n) is 5.06. The molecule has 1 aromatic rings. The first-order chi connectivity index (χ1) is 8.99. The van der Waals surface area contributed by atoms with Crippen LogP contribution in [0.25, 0.3) is 0 Å². The molecule has 1 saturated carbocycles. The van der Waals surface area contributed by atoms with Gasteiger partial charge in [0.25, 0.3) is 5.69 Å². The number of hydrogen-bond donors (Lipinski definition) is 1. The molecule has 0 amide bonds. The number of nitro groups is 1. The van der Waals surface area contributed by atoms with E-state index in [0.29, 0.717) is 6.42 Å². The minimum atomic E-state index is -3.72. The Balaban J connectivity index is 2.09. The van der Waals surface area contributed by atoms with Gasteiger partial charge in [0.2, 0.25) is 9.84 Å². The van der Waals surface area contributed by atoms with Gasteiger partial charge in [0.1, 0.15) is 9.77 Å². The molecule has 1 saturated heterocycles. The van der Waals surface area contributed by atoms with E-state index in [1.54, 1.807) is 0 Å². The third-order valence-electron chi connectivity index (χ3n) is 4.02. The van der Waals surface area contributed by atoms with Crippen LogP contribution >= 0.6 is 0 Å². The lowest BCUT2D eigenvalue weighted by Gasteiger charge is -2.19. The maximum Gasteiger partial charge on any atom is 0.288 e. The van der Waals surface area contributed by atoms with E-state index < -0.39 is 19.6 Å². The molecule has 1 heterocycles. The molecular formula is C12H14N2O4S. The fourth-order valence-corrected chi connectivity index (χ4v) is 5.24. The van der Waals surface area contributed by atoms with Crippen LogP contribution in [0.4, 0.5) is 5.69 Å². The number of nitrogens with zero attached hydrogens (tertiary/aromatic N) is 1. The summed E-state index contributed by atoms with van der Waals surface area (Å²) in [6.07, 6.45) is 3.20. The Bertz CT molecular complexity index is 643. The smallest absolute Gasteiger partial charge is 0.288 e. The normalized spacial score (nSPS) is 29.6. The summed E-state index contributed by atoms with van der Waals surface area (Å²) in [7, 11) is -3.72. The molecule has 2 atom stereocenters. The molecule has 0 radical (unpaired) electrons. The summed E-state index contributed by atoms with van der Waals surface area (Å²) < 4.78 is 25.4. The first kappa shape index (κ1) is 12.6. The predicted octanol–water partition coefficient (Wildman–Crippen LogP) is 1.61.